The van der Waals surface area contributed by atoms with E-state index in [1.165, 1.54) is 19.3 Å². The van der Waals surface area contributed by atoms with Crippen LogP contribution in [0.2, 0.25) is 0 Å². The van der Waals surface area contributed by atoms with Gasteiger partial charge in [-0.1, -0.05) is 12.8 Å². The Morgan fingerprint density at radius 3 is 2.57 bits per heavy atom. The molecule has 0 aromatic carbocycles. The molecule has 1 aliphatic carbocycles. The minimum atomic E-state index is 0.405. The lowest BCUT2D eigenvalue weighted by molar-refractivity contribution is 0.00991. The van der Waals surface area contributed by atoms with E-state index in [4.69, 9.17) is 9.47 Å². The van der Waals surface area contributed by atoms with Crippen molar-refractivity contribution in [2.75, 3.05) is 47.0 Å². The second kappa shape index (κ2) is 9.26. The van der Waals surface area contributed by atoms with Gasteiger partial charge in [0.1, 0.15) is 0 Å². The molecule has 1 saturated carbocycles. The van der Waals surface area contributed by atoms with Crippen LogP contribution < -0.4 is 5.32 Å². The van der Waals surface area contributed by atoms with Crippen LogP contribution in [-0.4, -0.2) is 64.0 Å². The first kappa shape index (κ1) is 16.6. The van der Waals surface area contributed by atoms with E-state index in [0.717, 1.165) is 64.0 Å². The molecule has 1 saturated heterocycles. The van der Waals surface area contributed by atoms with Crippen LogP contribution in [0, 0.1) is 5.92 Å². The molecule has 0 aromatic heterocycles. The van der Waals surface area contributed by atoms with E-state index in [-0.39, 0.29) is 0 Å². The fourth-order valence-corrected chi connectivity index (χ4v) is 2.81. The highest BCUT2D eigenvalue weighted by Gasteiger charge is 2.23. The normalized spacial score (nSPS) is 20.9. The molecule has 21 heavy (non-hydrogen) atoms. The first-order valence-electron chi connectivity index (χ1n) is 8.39. The van der Waals surface area contributed by atoms with E-state index in [1.54, 1.807) is 7.11 Å². The molecule has 0 spiro atoms. The molecule has 2 fully saturated rings. The Kier molecular flexibility index (Phi) is 7.30. The largest absolute Gasteiger partial charge is 0.385 e. The van der Waals surface area contributed by atoms with Crippen molar-refractivity contribution >= 4 is 5.96 Å². The lowest BCUT2D eigenvalue weighted by Crippen LogP contribution is -2.47. The van der Waals surface area contributed by atoms with Gasteiger partial charge < -0.3 is 19.7 Å². The first-order chi connectivity index (χ1) is 10.3. The fraction of sp³-hybridized carbons (Fsp3) is 0.938. The third-order valence-electron chi connectivity index (χ3n) is 4.33. The van der Waals surface area contributed by atoms with E-state index in [9.17, 15) is 0 Å². The summed E-state index contributed by atoms with van der Waals surface area (Å²) in [6.45, 7) is 4.74. The van der Waals surface area contributed by atoms with E-state index >= 15 is 0 Å². The standard InChI is InChI=1S/C16H31N3O2/c1-17-16(18-9-6-14-4-5-14)19-10-7-15(8-11-19)21-13-3-12-20-2/h14-15H,3-13H2,1-2H3,(H,17,18). The predicted octanol–water partition coefficient (Wildman–Crippen LogP) is 1.88. The van der Waals surface area contributed by atoms with Crippen molar-refractivity contribution in [1.29, 1.82) is 0 Å². The number of aliphatic imine (C=N–C) groups is 1. The van der Waals surface area contributed by atoms with Crippen molar-refractivity contribution in [3.63, 3.8) is 0 Å². The van der Waals surface area contributed by atoms with Gasteiger partial charge in [0, 0.05) is 47.0 Å². The molecule has 1 heterocycles. The van der Waals surface area contributed by atoms with Crippen LogP contribution in [0.5, 0.6) is 0 Å². The van der Waals surface area contributed by atoms with E-state index < -0.39 is 0 Å². The first-order valence-corrected chi connectivity index (χ1v) is 8.39. The lowest BCUT2D eigenvalue weighted by Gasteiger charge is -2.34. The molecule has 0 atom stereocenters. The van der Waals surface area contributed by atoms with Crippen molar-refractivity contribution < 1.29 is 9.47 Å². The maximum Gasteiger partial charge on any atom is 0.193 e. The maximum atomic E-state index is 5.90. The molecule has 122 valence electrons. The Morgan fingerprint density at radius 2 is 1.95 bits per heavy atom. The molecule has 1 N–H and O–H groups in total. The SMILES string of the molecule is CN=C(NCCC1CC1)N1CCC(OCCCOC)CC1. The van der Waals surface area contributed by atoms with Crippen LogP contribution in [0.4, 0.5) is 0 Å². The number of guanidine groups is 1. The monoisotopic (exact) mass is 297 g/mol. The Morgan fingerprint density at radius 1 is 1.19 bits per heavy atom. The molecule has 0 bridgehead atoms. The molecule has 0 radical (unpaired) electrons. The molecule has 0 unspecified atom stereocenters. The number of methoxy groups -OCH3 is 1. The number of hydrogen-bond donors (Lipinski definition) is 1. The van der Waals surface area contributed by atoms with Crippen molar-refractivity contribution in [3.8, 4) is 0 Å². The van der Waals surface area contributed by atoms with Crippen LogP contribution >= 0.6 is 0 Å². The molecule has 0 amide bonds. The topological polar surface area (TPSA) is 46.1 Å². The van der Waals surface area contributed by atoms with Gasteiger partial charge in [0.2, 0.25) is 0 Å². The maximum absolute atomic E-state index is 5.90. The summed E-state index contributed by atoms with van der Waals surface area (Å²) < 4.78 is 10.9. The second-order valence-electron chi connectivity index (χ2n) is 6.11. The van der Waals surface area contributed by atoms with Crippen molar-refractivity contribution in [2.45, 2.75) is 44.6 Å². The zero-order valence-electron chi connectivity index (χ0n) is 13.6. The van der Waals surface area contributed by atoms with Crippen LogP contribution in [-0.2, 0) is 9.47 Å². The number of nitrogens with one attached hydrogen (secondary N) is 1. The summed E-state index contributed by atoms with van der Waals surface area (Å²) in [4.78, 5) is 6.78. The van der Waals surface area contributed by atoms with Gasteiger partial charge in [-0.15, -0.1) is 0 Å². The van der Waals surface area contributed by atoms with E-state index in [1.807, 2.05) is 7.05 Å². The quantitative estimate of drug-likeness (QED) is 0.422. The third-order valence-corrected chi connectivity index (χ3v) is 4.33. The Bertz CT molecular complexity index is 311. The van der Waals surface area contributed by atoms with Crippen molar-refractivity contribution in [2.24, 2.45) is 10.9 Å². The third kappa shape index (κ3) is 6.22. The van der Waals surface area contributed by atoms with Gasteiger partial charge in [0.25, 0.3) is 0 Å². The van der Waals surface area contributed by atoms with Gasteiger partial charge in [0.15, 0.2) is 5.96 Å². The minimum absolute atomic E-state index is 0.405. The van der Waals surface area contributed by atoms with E-state index in [0.29, 0.717) is 6.10 Å². The Labute approximate surface area is 129 Å². The molecular weight excluding hydrogens is 266 g/mol. The van der Waals surface area contributed by atoms with Crippen LogP contribution in [0.3, 0.4) is 0 Å². The summed E-state index contributed by atoms with van der Waals surface area (Å²) in [5, 5.41) is 3.50. The summed E-state index contributed by atoms with van der Waals surface area (Å²) in [7, 11) is 3.62. The smallest absolute Gasteiger partial charge is 0.193 e. The van der Waals surface area contributed by atoms with Gasteiger partial charge in [-0.05, 0) is 31.6 Å². The second-order valence-corrected chi connectivity index (χ2v) is 6.11. The van der Waals surface area contributed by atoms with Gasteiger partial charge >= 0.3 is 0 Å². The molecule has 2 aliphatic rings. The minimum Gasteiger partial charge on any atom is -0.385 e. The molecule has 5 heteroatoms. The summed E-state index contributed by atoms with van der Waals surface area (Å²) in [5.41, 5.74) is 0. The Balaban J connectivity index is 1.59. The average Bonchev–Trinajstić information content (AvgIpc) is 3.33. The van der Waals surface area contributed by atoms with Gasteiger partial charge in [-0.3, -0.25) is 4.99 Å². The number of hydrogen-bond acceptors (Lipinski definition) is 3. The zero-order valence-corrected chi connectivity index (χ0v) is 13.6. The fourth-order valence-electron chi connectivity index (χ4n) is 2.81. The number of nitrogens with zero attached hydrogens (tertiary/aromatic N) is 2. The van der Waals surface area contributed by atoms with Gasteiger partial charge in [0.05, 0.1) is 6.10 Å². The van der Waals surface area contributed by atoms with E-state index in [2.05, 4.69) is 15.2 Å². The predicted molar refractivity (Wildman–Crippen MR) is 85.7 cm³/mol. The van der Waals surface area contributed by atoms with Crippen LogP contribution in [0.1, 0.15) is 38.5 Å². The van der Waals surface area contributed by atoms with Crippen molar-refractivity contribution in [1.82, 2.24) is 10.2 Å². The zero-order chi connectivity index (χ0) is 14.9. The lowest BCUT2D eigenvalue weighted by atomic mass is 10.1. The molecule has 5 nitrogen and oxygen atoms in total. The highest BCUT2D eigenvalue weighted by molar-refractivity contribution is 5.79. The summed E-state index contributed by atoms with van der Waals surface area (Å²) in [6, 6.07) is 0. The summed E-state index contributed by atoms with van der Waals surface area (Å²) >= 11 is 0. The highest BCUT2D eigenvalue weighted by Crippen LogP contribution is 2.31. The molecule has 2 rings (SSSR count). The number of piperidine rings is 1. The average molecular weight is 297 g/mol. The Hall–Kier alpha value is -0.810. The van der Waals surface area contributed by atoms with Gasteiger partial charge in [-0.25, -0.2) is 0 Å². The van der Waals surface area contributed by atoms with Crippen LogP contribution in [0.15, 0.2) is 4.99 Å². The summed E-state index contributed by atoms with van der Waals surface area (Å²) in [5.74, 6) is 2.04. The van der Waals surface area contributed by atoms with Gasteiger partial charge in [-0.2, -0.15) is 0 Å². The number of rotatable bonds is 8. The summed E-state index contributed by atoms with van der Waals surface area (Å²) in [6.07, 6.45) is 7.71. The van der Waals surface area contributed by atoms with Crippen molar-refractivity contribution in [3.05, 3.63) is 0 Å². The number of likely N-dealkylation sites (tertiary alicyclic amines) is 1. The molecule has 0 aromatic rings. The molecule has 1 aliphatic heterocycles. The van der Waals surface area contributed by atoms with Crippen LogP contribution in [0.25, 0.3) is 0 Å². The highest BCUT2D eigenvalue weighted by atomic mass is 16.5. The molecular formula is C16H31N3O2. The number of ether oxygens (including phenoxy) is 2.